The van der Waals surface area contributed by atoms with Crippen LogP contribution in [0.3, 0.4) is 0 Å². The van der Waals surface area contributed by atoms with E-state index < -0.39 is 0 Å². The number of aliphatic imine (C=N–C) groups is 1. The fraction of sp³-hybridized carbons (Fsp3) is 0.222. The van der Waals surface area contributed by atoms with Gasteiger partial charge in [0.25, 0.3) is 0 Å². The Morgan fingerprint density at radius 1 is 1.17 bits per heavy atom. The van der Waals surface area contributed by atoms with Crippen molar-refractivity contribution in [1.29, 1.82) is 0 Å². The first-order valence-electron chi connectivity index (χ1n) is 3.80. The van der Waals surface area contributed by atoms with Gasteiger partial charge in [0.05, 0.1) is 6.54 Å². The first-order chi connectivity index (χ1) is 5.47. The van der Waals surface area contributed by atoms with Gasteiger partial charge in [0, 0.05) is 29.2 Å². The molecule has 1 N–H and O–H groups in total. The van der Waals surface area contributed by atoms with E-state index in [1.54, 1.807) is 0 Å². The van der Waals surface area contributed by atoms with Crippen LogP contribution in [0.2, 0.25) is 0 Å². The maximum absolute atomic E-state index is 4.31. The van der Waals surface area contributed by atoms with E-state index in [2.05, 4.69) is 22.4 Å². The van der Waals surface area contributed by atoms with Crippen molar-refractivity contribution in [3.8, 4) is 0 Å². The Kier molecular flexibility index (Phi) is 3.32. The van der Waals surface area contributed by atoms with Gasteiger partial charge in [-0.2, -0.15) is 0 Å². The molecule has 12 heavy (non-hydrogen) atoms. The summed E-state index contributed by atoms with van der Waals surface area (Å²) in [7, 11) is 0. The molecule has 0 amide bonds. The van der Waals surface area contributed by atoms with Crippen molar-refractivity contribution in [2.45, 2.75) is 0 Å². The van der Waals surface area contributed by atoms with Crippen LogP contribution in [0, 0.1) is 0 Å². The van der Waals surface area contributed by atoms with E-state index in [-0.39, 0.29) is 17.1 Å². The molecule has 0 fully saturated rings. The molecule has 0 spiro atoms. The third-order valence-electron chi connectivity index (χ3n) is 1.72. The molecule has 0 saturated carbocycles. The van der Waals surface area contributed by atoms with Crippen LogP contribution in [-0.2, 0) is 17.1 Å². The van der Waals surface area contributed by atoms with E-state index in [0.717, 1.165) is 18.9 Å². The van der Waals surface area contributed by atoms with E-state index in [9.17, 15) is 0 Å². The van der Waals surface area contributed by atoms with Crippen LogP contribution in [0.1, 0.15) is 5.56 Å². The van der Waals surface area contributed by atoms with E-state index >= 15 is 0 Å². The van der Waals surface area contributed by atoms with Crippen LogP contribution < -0.4 is 5.32 Å². The summed E-state index contributed by atoms with van der Waals surface area (Å²) in [6.45, 7) is 1.88. The average molecular weight is 210 g/mol. The zero-order valence-corrected chi connectivity index (χ0v) is 7.49. The van der Waals surface area contributed by atoms with Crippen molar-refractivity contribution < 1.29 is 17.1 Å². The molecule has 67 valence electrons. The van der Waals surface area contributed by atoms with Crippen LogP contribution >= 0.6 is 0 Å². The minimum Gasteiger partial charge on any atom is -0.368 e. The number of amidine groups is 1. The van der Waals surface area contributed by atoms with Crippen molar-refractivity contribution in [2.24, 2.45) is 4.99 Å². The Balaban J connectivity index is 0.000000720. The Hall–Kier alpha value is -0.791. The van der Waals surface area contributed by atoms with Gasteiger partial charge in [-0.05, 0) is 0 Å². The molecule has 1 aliphatic rings. The van der Waals surface area contributed by atoms with Crippen LogP contribution in [0.4, 0.5) is 0 Å². The second-order valence-corrected chi connectivity index (χ2v) is 2.52. The quantitative estimate of drug-likeness (QED) is 0.687. The predicted molar refractivity (Wildman–Crippen MR) is 45.8 cm³/mol. The van der Waals surface area contributed by atoms with Gasteiger partial charge in [-0.3, -0.25) is 4.99 Å². The maximum Gasteiger partial charge on any atom is 0.128 e. The second kappa shape index (κ2) is 4.29. The molecule has 2 rings (SSSR count). The Labute approximate surface area is 82.6 Å². The molecule has 2 nitrogen and oxygen atoms in total. The molecule has 3 heteroatoms. The minimum atomic E-state index is 0. The number of hydrogen-bond donors (Lipinski definition) is 1. The van der Waals surface area contributed by atoms with Gasteiger partial charge < -0.3 is 5.32 Å². The molecule has 0 aliphatic carbocycles. The maximum atomic E-state index is 4.31. The topological polar surface area (TPSA) is 24.4 Å². The Morgan fingerprint density at radius 3 is 2.50 bits per heavy atom. The third-order valence-corrected chi connectivity index (χ3v) is 1.72. The van der Waals surface area contributed by atoms with Crippen molar-refractivity contribution in [1.82, 2.24) is 5.32 Å². The monoisotopic (exact) mass is 209 g/mol. The van der Waals surface area contributed by atoms with Crippen LogP contribution in [-0.4, -0.2) is 18.9 Å². The van der Waals surface area contributed by atoms with Gasteiger partial charge in [0.15, 0.2) is 0 Å². The largest absolute Gasteiger partial charge is 0.368 e. The summed E-state index contributed by atoms with van der Waals surface area (Å²) in [6.07, 6.45) is 0. The van der Waals surface area contributed by atoms with Gasteiger partial charge in [-0.15, -0.1) is 0 Å². The summed E-state index contributed by atoms with van der Waals surface area (Å²) in [5, 5.41) is 3.22. The minimum absolute atomic E-state index is 0. The zero-order valence-electron chi connectivity index (χ0n) is 6.55. The molecule has 1 heterocycles. The molecule has 1 aromatic rings. The summed E-state index contributed by atoms with van der Waals surface area (Å²) in [4.78, 5) is 4.31. The normalized spacial score (nSPS) is 14.5. The zero-order chi connectivity index (χ0) is 7.52. The average Bonchev–Trinajstić information content (AvgIpc) is 2.58. The summed E-state index contributed by atoms with van der Waals surface area (Å²) in [6, 6.07) is 10.2. The van der Waals surface area contributed by atoms with Crippen molar-refractivity contribution in [3.05, 3.63) is 35.9 Å². The summed E-state index contributed by atoms with van der Waals surface area (Å²) in [5.74, 6) is 1.03. The van der Waals surface area contributed by atoms with E-state index in [0.29, 0.717) is 0 Å². The number of nitrogens with one attached hydrogen (secondary N) is 1. The van der Waals surface area contributed by atoms with E-state index in [1.165, 1.54) is 5.56 Å². The number of rotatable bonds is 1. The molecule has 1 radical (unpaired) electrons. The van der Waals surface area contributed by atoms with Crippen molar-refractivity contribution in [2.75, 3.05) is 13.1 Å². The van der Waals surface area contributed by atoms with E-state index in [1.807, 2.05) is 18.2 Å². The van der Waals surface area contributed by atoms with Gasteiger partial charge in [-0.25, -0.2) is 0 Å². The second-order valence-electron chi connectivity index (χ2n) is 2.52. The summed E-state index contributed by atoms with van der Waals surface area (Å²) in [5.41, 5.74) is 1.19. The van der Waals surface area contributed by atoms with Gasteiger partial charge in [-0.1, -0.05) is 30.3 Å². The number of benzene rings is 1. The first-order valence-corrected chi connectivity index (χ1v) is 3.80. The van der Waals surface area contributed by atoms with Gasteiger partial charge >= 0.3 is 0 Å². The predicted octanol–water partition coefficient (Wildman–Crippen LogP) is 1.03. The van der Waals surface area contributed by atoms with Crippen molar-refractivity contribution in [3.63, 3.8) is 0 Å². The standard InChI is InChI=1S/C9H10N2.Cu/c1-2-4-8(5-3-1)9-10-6-7-11-9;/h1-5H,6-7H2,(H,10,11);. The molecule has 1 aliphatic heterocycles. The Morgan fingerprint density at radius 2 is 1.92 bits per heavy atom. The molecule has 0 saturated heterocycles. The summed E-state index contributed by atoms with van der Waals surface area (Å²) < 4.78 is 0. The molecule has 0 unspecified atom stereocenters. The van der Waals surface area contributed by atoms with Crippen LogP contribution in [0.25, 0.3) is 0 Å². The molecular formula is C9H10CuN2. The van der Waals surface area contributed by atoms with Crippen LogP contribution in [0.15, 0.2) is 35.3 Å². The van der Waals surface area contributed by atoms with Gasteiger partial charge in [0.2, 0.25) is 0 Å². The molecule has 0 bridgehead atoms. The van der Waals surface area contributed by atoms with Crippen LogP contribution in [0.5, 0.6) is 0 Å². The fourth-order valence-electron chi connectivity index (χ4n) is 1.19. The van der Waals surface area contributed by atoms with Gasteiger partial charge in [0.1, 0.15) is 5.84 Å². The molecule has 0 atom stereocenters. The number of hydrogen-bond acceptors (Lipinski definition) is 2. The first kappa shape index (κ1) is 9.30. The smallest absolute Gasteiger partial charge is 0.128 e. The third kappa shape index (κ3) is 1.87. The fourth-order valence-corrected chi connectivity index (χ4v) is 1.19. The number of nitrogens with zero attached hydrogens (tertiary/aromatic N) is 1. The molecule has 0 aromatic heterocycles. The SMILES string of the molecule is [Cu].c1ccc(C2=NCCN2)cc1. The summed E-state index contributed by atoms with van der Waals surface area (Å²) >= 11 is 0. The van der Waals surface area contributed by atoms with Crippen molar-refractivity contribution >= 4 is 5.84 Å². The van der Waals surface area contributed by atoms with E-state index in [4.69, 9.17) is 0 Å². The Bertz CT molecular complexity index is 269. The molecule has 1 aromatic carbocycles. The molecular weight excluding hydrogens is 200 g/mol.